The van der Waals surface area contributed by atoms with Gasteiger partial charge in [-0.25, -0.2) is 13.1 Å². The summed E-state index contributed by atoms with van der Waals surface area (Å²) >= 11 is 0. The van der Waals surface area contributed by atoms with E-state index in [9.17, 15) is 23.3 Å². The minimum Gasteiger partial charge on any atom is -0.393 e. The number of sulfonamides is 1. The summed E-state index contributed by atoms with van der Waals surface area (Å²) in [5.74, 6) is -0.663. The number of nitrogens with one attached hydrogen (secondary N) is 1. The maximum Gasteiger partial charge on any atom is 0.293 e. The maximum atomic E-state index is 12.0. The normalized spacial score (nSPS) is 12.8. The number of nitrogens with zero attached hydrogens (tertiary/aromatic N) is 1. The molecule has 5 N–H and O–H groups in total. The quantitative estimate of drug-likeness (QED) is 0.372. The summed E-state index contributed by atoms with van der Waals surface area (Å²) in [6.07, 6.45) is -0.184. The van der Waals surface area contributed by atoms with Crippen LogP contribution in [-0.4, -0.2) is 25.3 Å². The third kappa shape index (κ3) is 3.90. The lowest BCUT2D eigenvalue weighted by molar-refractivity contribution is -0.384. The van der Waals surface area contributed by atoms with Crippen LogP contribution in [0, 0.1) is 10.1 Å². The van der Waals surface area contributed by atoms with Crippen molar-refractivity contribution in [1.29, 1.82) is 0 Å². The average molecular weight is 302 g/mol. The molecule has 1 aromatic rings. The summed E-state index contributed by atoms with van der Waals surface area (Å²) in [5.41, 5.74) is 9.69. The van der Waals surface area contributed by atoms with Gasteiger partial charge in [-0.2, -0.15) is 0 Å². The van der Waals surface area contributed by atoms with Gasteiger partial charge in [0.2, 0.25) is 15.9 Å². The molecule has 0 aromatic heterocycles. The van der Waals surface area contributed by atoms with E-state index in [1.807, 2.05) is 0 Å². The molecule has 20 heavy (non-hydrogen) atoms. The molecule has 1 unspecified atom stereocenters. The summed E-state index contributed by atoms with van der Waals surface area (Å²) in [7, 11) is -4.00. The lowest BCUT2D eigenvalue weighted by atomic mass is 10.2. The third-order valence-corrected chi connectivity index (χ3v) is 3.96. The molecule has 0 spiro atoms. The van der Waals surface area contributed by atoms with Crippen LogP contribution < -0.4 is 16.2 Å². The van der Waals surface area contributed by atoms with Crippen LogP contribution in [-0.2, 0) is 14.8 Å². The number of carbonyl (C=O) groups excluding carboxylic acids is 1. The molecule has 1 aromatic carbocycles. The molecule has 110 valence electrons. The topological polar surface area (TPSA) is 158 Å². The van der Waals surface area contributed by atoms with Crippen molar-refractivity contribution in [2.24, 2.45) is 5.73 Å². The van der Waals surface area contributed by atoms with Gasteiger partial charge in [-0.15, -0.1) is 0 Å². The number of primary amides is 1. The second kappa shape index (κ2) is 5.84. The van der Waals surface area contributed by atoms with Crippen molar-refractivity contribution in [2.45, 2.75) is 24.3 Å². The second-order valence-corrected chi connectivity index (χ2v) is 5.88. The zero-order valence-electron chi connectivity index (χ0n) is 10.6. The fourth-order valence-corrected chi connectivity index (χ4v) is 2.79. The molecule has 10 heteroatoms. The minimum absolute atomic E-state index is 0.140. The summed E-state index contributed by atoms with van der Waals surface area (Å²) in [5, 5.41) is 10.7. The first-order valence-electron chi connectivity index (χ1n) is 5.48. The second-order valence-electron chi connectivity index (χ2n) is 4.17. The SMILES string of the molecule is CC(CC(N)=O)NS(=O)(=O)c1ccc(N)c([N+](=O)[O-])c1. The fraction of sp³-hybridized carbons (Fsp3) is 0.300. The Morgan fingerprint density at radius 2 is 2.10 bits per heavy atom. The number of rotatable bonds is 6. The van der Waals surface area contributed by atoms with Crippen LogP contribution in [0.25, 0.3) is 0 Å². The molecule has 0 bridgehead atoms. The molecule has 1 amide bonds. The number of nitrogens with two attached hydrogens (primary N) is 2. The van der Waals surface area contributed by atoms with Crippen molar-refractivity contribution in [1.82, 2.24) is 4.72 Å². The number of benzene rings is 1. The summed E-state index contributed by atoms with van der Waals surface area (Å²) in [6, 6.07) is 2.40. The molecule has 0 fully saturated rings. The van der Waals surface area contributed by atoms with Crippen molar-refractivity contribution in [3.05, 3.63) is 28.3 Å². The molecule has 0 saturated carbocycles. The summed E-state index contributed by atoms with van der Waals surface area (Å²) in [6.45, 7) is 1.45. The van der Waals surface area contributed by atoms with Crippen molar-refractivity contribution in [3.63, 3.8) is 0 Å². The highest BCUT2D eigenvalue weighted by atomic mass is 32.2. The van der Waals surface area contributed by atoms with E-state index >= 15 is 0 Å². The monoisotopic (exact) mass is 302 g/mol. The number of nitro groups is 1. The lowest BCUT2D eigenvalue weighted by Crippen LogP contribution is -2.35. The number of hydrogen-bond donors (Lipinski definition) is 3. The first-order valence-corrected chi connectivity index (χ1v) is 6.96. The number of carbonyl (C=O) groups is 1. The molecule has 0 aliphatic rings. The number of hydrogen-bond acceptors (Lipinski definition) is 6. The van der Waals surface area contributed by atoms with Gasteiger partial charge in [-0.05, 0) is 19.1 Å². The van der Waals surface area contributed by atoms with Crippen LogP contribution in [0.15, 0.2) is 23.1 Å². The average Bonchev–Trinajstić information content (AvgIpc) is 2.26. The van der Waals surface area contributed by atoms with Gasteiger partial charge >= 0.3 is 0 Å². The molecule has 1 atom stereocenters. The largest absolute Gasteiger partial charge is 0.393 e. The van der Waals surface area contributed by atoms with E-state index in [1.165, 1.54) is 6.92 Å². The van der Waals surface area contributed by atoms with Crippen LogP contribution in [0.2, 0.25) is 0 Å². The smallest absolute Gasteiger partial charge is 0.293 e. The van der Waals surface area contributed by atoms with Gasteiger partial charge in [-0.3, -0.25) is 14.9 Å². The van der Waals surface area contributed by atoms with E-state index in [-0.39, 0.29) is 17.0 Å². The van der Waals surface area contributed by atoms with E-state index in [0.29, 0.717) is 0 Å². The molecule has 9 nitrogen and oxygen atoms in total. The minimum atomic E-state index is -4.00. The van der Waals surface area contributed by atoms with E-state index in [1.54, 1.807) is 0 Å². The molecule has 0 saturated heterocycles. The Bertz CT molecular complexity index is 643. The molecule has 0 aliphatic carbocycles. The van der Waals surface area contributed by atoms with Gasteiger partial charge in [0.15, 0.2) is 0 Å². The zero-order valence-corrected chi connectivity index (χ0v) is 11.4. The number of nitrogen functional groups attached to an aromatic ring is 1. The molecule has 0 heterocycles. The molecular formula is C10H14N4O5S. The van der Waals surface area contributed by atoms with E-state index < -0.39 is 32.6 Å². The predicted molar refractivity (Wildman–Crippen MR) is 71.1 cm³/mol. The number of anilines is 1. The number of nitro benzene ring substituents is 1. The van der Waals surface area contributed by atoms with Crippen LogP contribution >= 0.6 is 0 Å². The van der Waals surface area contributed by atoms with Gasteiger partial charge in [0.1, 0.15) is 5.69 Å². The third-order valence-electron chi connectivity index (χ3n) is 2.37. The Morgan fingerprint density at radius 1 is 1.50 bits per heavy atom. The number of amides is 1. The predicted octanol–water partition coefficient (Wildman–Crippen LogP) is -0.281. The van der Waals surface area contributed by atoms with Gasteiger partial charge in [0.25, 0.3) is 5.69 Å². The van der Waals surface area contributed by atoms with Crippen molar-refractivity contribution in [3.8, 4) is 0 Å². The Kier molecular flexibility index (Phi) is 4.63. The van der Waals surface area contributed by atoms with Gasteiger partial charge in [0, 0.05) is 18.5 Å². The highest BCUT2D eigenvalue weighted by Crippen LogP contribution is 2.24. The summed E-state index contributed by atoms with van der Waals surface area (Å²) < 4.78 is 26.2. The van der Waals surface area contributed by atoms with Gasteiger partial charge in [0.05, 0.1) is 9.82 Å². The maximum absolute atomic E-state index is 12.0. The van der Waals surface area contributed by atoms with Crippen molar-refractivity contribution < 1.29 is 18.1 Å². The van der Waals surface area contributed by atoms with Gasteiger partial charge < -0.3 is 11.5 Å². The highest BCUT2D eigenvalue weighted by Gasteiger charge is 2.22. The molecule has 1 rings (SSSR count). The standard InChI is InChI=1S/C10H14N4O5S/c1-6(4-10(12)15)13-20(18,19)7-2-3-8(11)9(5-7)14(16)17/h2-3,5-6,13H,4,11H2,1H3,(H2,12,15). The van der Waals surface area contributed by atoms with Crippen molar-refractivity contribution >= 4 is 27.3 Å². The van der Waals surface area contributed by atoms with Crippen LogP contribution in [0.3, 0.4) is 0 Å². The van der Waals surface area contributed by atoms with E-state index in [0.717, 1.165) is 18.2 Å². The fourth-order valence-electron chi connectivity index (χ4n) is 1.53. The first kappa shape index (κ1) is 15.9. The van der Waals surface area contributed by atoms with Crippen LogP contribution in [0.4, 0.5) is 11.4 Å². The summed E-state index contributed by atoms with van der Waals surface area (Å²) in [4.78, 5) is 20.3. The lowest BCUT2D eigenvalue weighted by Gasteiger charge is -2.12. The Balaban J connectivity index is 3.07. The zero-order chi connectivity index (χ0) is 15.5. The molecule has 0 radical (unpaired) electrons. The Hall–Kier alpha value is -2.20. The molecular weight excluding hydrogens is 288 g/mol. The Labute approximate surface area is 115 Å². The first-order chi connectivity index (χ1) is 9.13. The van der Waals surface area contributed by atoms with Crippen LogP contribution in [0.5, 0.6) is 0 Å². The van der Waals surface area contributed by atoms with Gasteiger partial charge in [-0.1, -0.05) is 0 Å². The highest BCUT2D eigenvalue weighted by molar-refractivity contribution is 7.89. The van der Waals surface area contributed by atoms with E-state index in [2.05, 4.69) is 4.72 Å². The van der Waals surface area contributed by atoms with E-state index in [4.69, 9.17) is 11.5 Å². The van der Waals surface area contributed by atoms with Crippen molar-refractivity contribution in [2.75, 3.05) is 5.73 Å². The molecule has 0 aliphatic heterocycles. The van der Waals surface area contributed by atoms with Crippen LogP contribution in [0.1, 0.15) is 13.3 Å². The Morgan fingerprint density at radius 3 is 2.60 bits per heavy atom.